The minimum atomic E-state index is -3.30. The molecule has 0 radical (unpaired) electrons. The zero-order chi connectivity index (χ0) is 10.9. The predicted octanol–water partition coefficient (Wildman–Crippen LogP) is 1.31. The van der Waals surface area contributed by atoms with Crippen LogP contribution in [0.5, 0.6) is 0 Å². The molecule has 0 aliphatic carbocycles. The summed E-state index contributed by atoms with van der Waals surface area (Å²) in [6.07, 6.45) is -0.223. The highest BCUT2D eigenvalue weighted by Crippen LogP contribution is 2.52. The third-order valence-electron chi connectivity index (χ3n) is 2.07. The molecule has 0 aromatic heterocycles. The van der Waals surface area contributed by atoms with Crippen LogP contribution in [-0.4, -0.2) is 38.3 Å². The highest BCUT2D eigenvalue weighted by atomic mass is 31.2. The Balaban J connectivity index is 1.77. The van der Waals surface area contributed by atoms with E-state index in [0.29, 0.717) is 19.8 Å². The van der Waals surface area contributed by atoms with Crippen molar-refractivity contribution >= 4 is 7.82 Å². The Hall–Kier alpha value is 0.0300. The van der Waals surface area contributed by atoms with Crippen molar-refractivity contribution in [3.8, 4) is 0 Å². The molecule has 2 heterocycles. The topological polar surface area (TPSA) is 63.2 Å². The SMILES string of the molecule is CC1(C)OCC(COP2(=O)OCCO2)O1. The van der Waals surface area contributed by atoms with E-state index in [0.717, 1.165) is 0 Å². The summed E-state index contributed by atoms with van der Waals surface area (Å²) in [5, 5.41) is 0. The molecule has 88 valence electrons. The third kappa shape index (κ3) is 3.00. The number of ether oxygens (including phenoxy) is 2. The molecule has 2 aliphatic rings. The molecule has 15 heavy (non-hydrogen) atoms. The molecule has 2 saturated heterocycles. The summed E-state index contributed by atoms with van der Waals surface area (Å²) in [4.78, 5) is 0. The molecule has 2 fully saturated rings. The molecule has 6 nitrogen and oxygen atoms in total. The second-order valence-corrected chi connectivity index (χ2v) is 5.53. The van der Waals surface area contributed by atoms with Gasteiger partial charge in [0.1, 0.15) is 6.10 Å². The first-order valence-electron chi connectivity index (χ1n) is 4.85. The van der Waals surface area contributed by atoms with Crippen molar-refractivity contribution in [2.24, 2.45) is 0 Å². The van der Waals surface area contributed by atoms with Crippen LogP contribution in [0.25, 0.3) is 0 Å². The van der Waals surface area contributed by atoms with Gasteiger partial charge in [0.15, 0.2) is 5.79 Å². The van der Waals surface area contributed by atoms with Crippen LogP contribution in [0.4, 0.5) is 0 Å². The fourth-order valence-corrected chi connectivity index (χ4v) is 2.60. The summed E-state index contributed by atoms with van der Waals surface area (Å²) in [6.45, 7) is 4.83. The minimum absolute atomic E-state index is 0.153. The van der Waals surface area contributed by atoms with Gasteiger partial charge in [-0.2, -0.15) is 0 Å². The van der Waals surface area contributed by atoms with Crippen LogP contribution in [0.2, 0.25) is 0 Å². The summed E-state index contributed by atoms with van der Waals surface area (Å²) in [5.41, 5.74) is 0. The molecular formula is C8H15O6P. The Morgan fingerprint density at radius 1 is 1.40 bits per heavy atom. The highest BCUT2D eigenvalue weighted by Gasteiger charge is 2.37. The van der Waals surface area contributed by atoms with Gasteiger partial charge in [-0.1, -0.05) is 0 Å². The predicted molar refractivity (Wildman–Crippen MR) is 50.4 cm³/mol. The maximum atomic E-state index is 11.6. The number of rotatable bonds is 3. The maximum absolute atomic E-state index is 11.6. The van der Waals surface area contributed by atoms with Gasteiger partial charge in [0.25, 0.3) is 0 Å². The van der Waals surface area contributed by atoms with E-state index in [2.05, 4.69) is 0 Å². The number of hydrogen-bond acceptors (Lipinski definition) is 6. The number of phosphoric acid groups is 1. The summed E-state index contributed by atoms with van der Waals surface area (Å²) in [7, 11) is -3.30. The Morgan fingerprint density at radius 3 is 2.60 bits per heavy atom. The smallest absolute Gasteiger partial charge is 0.348 e. The monoisotopic (exact) mass is 238 g/mol. The molecular weight excluding hydrogens is 223 g/mol. The van der Waals surface area contributed by atoms with Gasteiger partial charge in [-0.15, -0.1) is 0 Å². The lowest BCUT2D eigenvalue weighted by molar-refractivity contribution is -0.142. The summed E-state index contributed by atoms with van der Waals surface area (Å²) >= 11 is 0. The van der Waals surface area contributed by atoms with Crippen LogP contribution in [0.3, 0.4) is 0 Å². The van der Waals surface area contributed by atoms with E-state index in [9.17, 15) is 4.57 Å². The summed E-state index contributed by atoms with van der Waals surface area (Å²) < 4.78 is 37.2. The van der Waals surface area contributed by atoms with Crippen molar-refractivity contribution in [2.45, 2.75) is 25.7 Å². The zero-order valence-corrected chi connectivity index (χ0v) is 9.70. The van der Waals surface area contributed by atoms with Gasteiger partial charge >= 0.3 is 7.82 Å². The van der Waals surface area contributed by atoms with E-state index < -0.39 is 13.6 Å². The fraction of sp³-hybridized carbons (Fsp3) is 1.00. The molecule has 1 atom stereocenters. The molecule has 0 bridgehead atoms. The lowest BCUT2D eigenvalue weighted by atomic mass is 10.4. The number of phosphoric ester groups is 1. The average Bonchev–Trinajstić information content (AvgIpc) is 2.70. The van der Waals surface area contributed by atoms with E-state index in [1.807, 2.05) is 13.8 Å². The lowest BCUT2D eigenvalue weighted by Gasteiger charge is -2.17. The Morgan fingerprint density at radius 2 is 2.07 bits per heavy atom. The number of hydrogen-bond donors (Lipinski definition) is 0. The molecule has 0 amide bonds. The molecule has 1 unspecified atom stereocenters. The molecule has 0 aromatic carbocycles. The van der Waals surface area contributed by atoms with Crippen molar-refractivity contribution in [3.63, 3.8) is 0 Å². The van der Waals surface area contributed by atoms with E-state index in [-0.39, 0.29) is 12.7 Å². The van der Waals surface area contributed by atoms with Crippen LogP contribution in [-0.2, 0) is 27.6 Å². The second-order valence-electron chi connectivity index (χ2n) is 3.86. The van der Waals surface area contributed by atoms with Crippen molar-refractivity contribution in [1.29, 1.82) is 0 Å². The Bertz CT molecular complexity index is 268. The first-order valence-corrected chi connectivity index (χ1v) is 6.31. The summed E-state index contributed by atoms with van der Waals surface area (Å²) in [6, 6.07) is 0. The van der Waals surface area contributed by atoms with E-state index in [4.69, 9.17) is 23.0 Å². The van der Waals surface area contributed by atoms with Gasteiger partial charge in [-0.3, -0.25) is 13.6 Å². The quantitative estimate of drug-likeness (QED) is 0.691. The zero-order valence-electron chi connectivity index (χ0n) is 8.80. The molecule has 7 heteroatoms. The van der Waals surface area contributed by atoms with E-state index >= 15 is 0 Å². The van der Waals surface area contributed by atoms with E-state index in [1.54, 1.807) is 0 Å². The maximum Gasteiger partial charge on any atom is 0.475 e. The Kier molecular flexibility index (Phi) is 3.17. The van der Waals surface area contributed by atoms with Gasteiger partial charge in [0, 0.05) is 0 Å². The first kappa shape index (κ1) is 11.5. The fourth-order valence-electron chi connectivity index (χ4n) is 1.43. The van der Waals surface area contributed by atoms with Gasteiger partial charge in [-0.25, -0.2) is 4.57 Å². The van der Waals surface area contributed by atoms with Crippen LogP contribution in [0.1, 0.15) is 13.8 Å². The van der Waals surface area contributed by atoms with Crippen molar-refractivity contribution in [3.05, 3.63) is 0 Å². The molecule has 2 rings (SSSR count). The van der Waals surface area contributed by atoms with Gasteiger partial charge in [-0.05, 0) is 13.8 Å². The van der Waals surface area contributed by atoms with E-state index in [1.165, 1.54) is 0 Å². The van der Waals surface area contributed by atoms with Gasteiger partial charge in [0.2, 0.25) is 0 Å². The average molecular weight is 238 g/mol. The van der Waals surface area contributed by atoms with Crippen molar-refractivity contribution in [2.75, 3.05) is 26.4 Å². The first-order chi connectivity index (χ1) is 6.99. The van der Waals surface area contributed by atoms with Crippen LogP contribution < -0.4 is 0 Å². The summed E-state index contributed by atoms with van der Waals surface area (Å²) in [5.74, 6) is -0.597. The third-order valence-corrected chi connectivity index (χ3v) is 3.53. The molecule has 0 spiro atoms. The van der Waals surface area contributed by atoms with Gasteiger partial charge < -0.3 is 9.47 Å². The molecule has 2 aliphatic heterocycles. The molecule has 0 N–H and O–H groups in total. The standard InChI is InChI=1S/C8H15O6P/c1-8(2)10-5-7(14-8)6-13-15(9)11-3-4-12-15/h7H,3-6H2,1-2H3. The molecule has 0 aromatic rings. The van der Waals surface area contributed by atoms with Crippen molar-refractivity contribution in [1.82, 2.24) is 0 Å². The van der Waals surface area contributed by atoms with Crippen LogP contribution >= 0.6 is 7.82 Å². The highest BCUT2D eigenvalue weighted by molar-refractivity contribution is 7.48. The van der Waals surface area contributed by atoms with Gasteiger partial charge in [0.05, 0.1) is 26.4 Å². The minimum Gasteiger partial charge on any atom is -0.348 e. The largest absolute Gasteiger partial charge is 0.475 e. The normalized spacial score (nSPS) is 33.3. The second kappa shape index (κ2) is 4.13. The van der Waals surface area contributed by atoms with Crippen molar-refractivity contribution < 1.29 is 27.6 Å². The Labute approximate surface area is 88.4 Å². The van der Waals surface area contributed by atoms with Crippen LogP contribution in [0.15, 0.2) is 0 Å². The van der Waals surface area contributed by atoms with Crippen LogP contribution in [0, 0.1) is 0 Å². The molecule has 0 saturated carbocycles. The lowest BCUT2D eigenvalue weighted by Crippen LogP contribution is -2.23.